The van der Waals surface area contributed by atoms with Gasteiger partial charge >= 0.3 is 0 Å². The standard InChI is InChI=1S/C32H64N4O2/c1-29(2,3)16-12-11-13-28(37)35-21-23-36(24-22-35)32(9,10)18-17-31(7,8)33-27-14-19-34(20-15-27)25-26-38-30(4,5)6/h27,33H,11-26H2,1-10H3. The van der Waals surface area contributed by atoms with Crippen LogP contribution in [-0.4, -0.2) is 95.7 Å². The van der Waals surface area contributed by atoms with Gasteiger partial charge in [0.25, 0.3) is 0 Å². The van der Waals surface area contributed by atoms with E-state index >= 15 is 0 Å². The number of nitrogens with one attached hydrogen (secondary N) is 1. The first kappa shape index (κ1) is 33.5. The Balaban J connectivity index is 1.67. The summed E-state index contributed by atoms with van der Waals surface area (Å²) >= 11 is 0. The highest BCUT2D eigenvalue weighted by molar-refractivity contribution is 5.76. The summed E-state index contributed by atoms with van der Waals surface area (Å²) in [5.74, 6) is 0.356. The van der Waals surface area contributed by atoms with Crippen LogP contribution in [0.15, 0.2) is 0 Å². The fraction of sp³-hybridized carbons (Fsp3) is 0.969. The highest BCUT2D eigenvalue weighted by Crippen LogP contribution is 2.28. The first-order valence-electron chi connectivity index (χ1n) is 15.6. The van der Waals surface area contributed by atoms with E-state index in [9.17, 15) is 4.79 Å². The minimum atomic E-state index is -0.0472. The molecule has 0 unspecified atom stereocenters. The van der Waals surface area contributed by atoms with Crippen molar-refractivity contribution in [3.8, 4) is 0 Å². The van der Waals surface area contributed by atoms with Crippen molar-refractivity contribution in [3.63, 3.8) is 0 Å². The zero-order valence-electron chi connectivity index (χ0n) is 27.0. The molecule has 0 radical (unpaired) electrons. The van der Waals surface area contributed by atoms with E-state index in [-0.39, 0.29) is 16.7 Å². The van der Waals surface area contributed by atoms with E-state index in [4.69, 9.17) is 4.74 Å². The smallest absolute Gasteiger partial charge is 0.222 e. The van der Waals surface area contributed by atoms with Crippen molar-refractivity contribution < 1.29 is 9.53 Å². The van der Waals surface area contributed by atoms with Gasteiger partial charge in [0.1, 0.15) is 0 Å². The van der Waals surface area contributed by atoms with Gasteiger partial charge < -0.3 is 19.9 Å². The predicted octanol–water partition coefficient (Wildman–Crippen LogP) is 5.94. The van der Waals surface area contributed by atoms with E-state index in [2.05, 4.69) is 89.3 Å². The Morgan fingerprint density at radius 2 is 1.39 bits per heavy atom. The number of carbonyl (C=O) groups excluding carboxylic acids is 1. The third kappa shape index (κ3) is 13.1. The maximum atomic E-state index is 12.7. The summed E-state index contributed by atoms with van der Waals surface area (Å²) in [5, 5.41) is 4.00. The lowest BCUT2D eigenvalue weighted by atomic mass is 9.86. The summed E-state index contributed by atoms with van der Waals surface area (Å²) in [6.07, 6.45) is 8.83. The zero-order valence-corrected chi connectivity index (χ0v) is 27.0. The molecule has 2 aliphatic heterocycles. The molecular weight excluding hydrogens is 472 g/mol. The summed E-state index contributed by atoms with van der Waals surface area (Å²) in [4.78, 5) is 20.0. The maximum Gasteiger partial charge on any atom is 0.222 e. The van der Waals surface area contributed by atoms with Gasteiger partial charge in [0.05, 0.1) is 12.2 Å². The lowest BCUT2D eigenvalue weighted by molar-refractivity contribution is -0.134. The number of rotatable bonds is 13. The van der Waals surface area contributed by atoms with Gasteiger partial charge in [-0.05, 0) is 105 Å². The molecule has 0 saturated carbocycles. The molecule has 1 amide bonds. The number of likely N-dealkylation sites (tertiary alicyclic amines) is 1. The highest BCUT2D eigenvalue weighted by Gasteiger charge is 2.34. The summed E-state index contributed by atoms with van der Waals surface area (Å²) in [5.41, 5.74) is 0.597. The summed E-state index contributed by atoms with van der Waals surface area (Å²) in [7, 11) is 0. The fourth-order valence-corrected chi connectivity index (χ4v) is 5.83. The average molecular weight is 537 g/mol. The van der Waals surface area contributed by atoms with Crippen LogP contribution in [0.4, 0.5) is 0 Å². The average Bonchev–Trinajstić information content (AvgIpc) is 2.80. The van der Waals surface area contributed by atoms with E-state index in [0.717, 1.165) is 78.1 Å². The quantitative estimate of drug-likeness (QED) is 0.295. The molecule has 0 aromatic heterocycles. The van der Waals surface area contributed by atoms with Gasteiger partial charge in [-0.1, -0.05) is 27.2 Å². The molecule has 2 heterocycles. The summed E-state index contributed by atoms with van der Waals surface area (Å²) in [6.45, 7) is 30.7. The number of carbonyl (C=O) groups is 1. The Bertz CT molecular complexity index is 691. The number of ether oxygens (including phenoxy) is 1. The van der Waals surface area contributed by atoms with Crippen LogP contribution in [0.1, 0.15) is 121 Å². The van der Waals surface area contributed by atoms with Crippen LogP contribution in [0.25, 0.3) is 0 Å². The molecule has 2 saturated heterocycles. The van der Waals surface area contributed by atoms with Crippen molar-refractivity contribution in [2.75, 3.05) is 52.4 Å². The Morgan fingerprint density at radius 3 is 1.95 bits per heavy atom. The molecule has 1 N–H and O–H groups in total. The molecule has 0 aromatic rings. The normalized spacial score (nSPS) is 19.8. The van der Waals surface area contributed by atoms with Crippen LogP contribution >= 0.6 is 0 Å². The van der Waals surface area contributed by atoms with E-state index < -0.39 is 0 Å². The number of nitrogens with zero attached hydrogens (tertiary/aromatic N) is 3. The van der Waals surface area contributed by atoms with Gasteiger partial charge in [-0.25, -0.2) is 0 Å². The molecule has 6 heteroatoms. The second-order valence-electron chi connectivity index (χ2n) is 15.6. The summed E-state index contributed by atoms with van der Waals surface area (Å²) in [6, 6.07) is 0.603. The monoisotopic (exact) mass is 537 g/mol. The van der Waals surface area contributed by atoms with Gasteiger partial charge in [0.2, 0.25) is 5.91 Å². The SMILES string of the molecule is CC(C)(C)CCCCC(=O)N1CCN(C(C)(C)CCC(C)(C)NC2CCN(CCOC(C)(C)C)CC2)CC1. The van der Waals surface area contributed by atoms with Gasteiger partial charge in [-0.15, -0.1) is 0 Å². The maximum absolute atomic E-state index is 12.7. The minimum Gasteiger partial charge on any atom is -0.375 e. The van der Waals surface area contributed by atoms with Gasteiger partial charge in [-0.3, -0.25) is 9.69 Å². The lowest BCUT2D eigenvalue weighted by Gasteiger charge is -2.46. The molecule has 224 valence electrons. The van der Waals surface area contributed by atoms with Crippen LogP contribution in [0, 0.1) is 5.41 Å². The Hall–Kier alpha value is -0.690. The molecule has 6 nitrogen and oxygen atoms in total. The van der Waals surface area contributed by atoms with Crippen molar-refractivity contribution in [1.29, 1.82) is 0 Å². The van der Waals surface area contributed by atoms with E-state index in [0.29, 0.717) is 23.8 Å². The first-order valence-corrected chi connectivity index (χ1v) is 15.6. The van der Waals surface area contributed by atoms with E-state index in [1.807, 2.05) is 0 Å². The molecule has 2 aliphatic rings. The van der Waals surface area contributed by atoms with Crippen LogP contribution in [-0.2, 0) is 9.53 Å². The van der Waals surface area contributed by atoms with Crippen LogP contribution in [0.5, 0.6) is 0 Å². The number of hydrogen-bond donors (Lipinski definition) is 1. The van der Waals surface area contributed by atoms with Gasteiger partial charge in [0, 0.05) is 56.3 Å². The van der Waals surface area contributed by atoms with Crippen LogP contribution < -0.4 is 5.32 Å². The molecule has 0 spiro atoms. The van der Waals surface area contributed by atoms with E-state index in [1.54, 1.807) is 0 Å². The van der Waals surface area contributed by atoms with Crippen LogP contribution in [0.3, 0.4) is 0 Å². The zero-order chi connectivity index (χ0) is 28.6. The van der Waals surface area contributed by atoms with Gasteiger partial charge in [-0.2, -0.15) is 0 Å². The van der Waals surface area contributed by atoms with Crippen molar-refractivity contribution in [2.45, 2.75) is 143 Å². The number of piperazine rings is 1. The third-order valence-electron chi connectivity index (χ3n) is 8.54. The molecule has 0 aliphatic carbocycles. The largest absolute Gasteiger partial charge is 0.375 e. The molecule has 2 fully saturated rings. The minimum absolute atomic E-state index is 0.0472. The third-order valence-corrected chi connectivity index (χ3v) is 8.54. The Morgan fingerprint density at radius 1 is 0.789 bits per heavy atom. The molecular formula is C32H64N4O2. The van der Waals surface area contributed by atoms with Crippen molar-refractivity contribution in [2.24, 2.45) is 5.41 Å². The van der Waals surface area contributed by atoms with Crippen molar-refractivity contribution in [3.05, 3.63) is 0 Å². The summed E-state index contributed by atoms with van der Waals surface area (Å²) < 4.78 is 5.92. The van der Waals surface area contributed by atoms with Crippen molar-refractivity contribution >= 4 is 5.91 Å². The number of unbranched alkanes of at least 4 members (excludes halogenated alkanes) is 1. The van der Waals surface area contributed by atoms with E-state index in [1.165, 1.54) is 19.3 Å². The Kier molecular flexibility index (Phi) is 12.6. The second-order valence-corrected chi connectivity index (χ2v) is 15.6. The highest BCUT2D eigenvalue weighted by atomic mass is 16.5. The molecule has 0 bridgehead atoms. The lowest BCUT2D eigenvalue weighted by Crippen LogP contribution is -2.57. The molecule has 38 heavy (non-hydrogen) atoms. The molecule has 0 atom stereocenters. The van der Waals surface area contributed by atoms with Gasteiger partial charge in [0.15, 0.2) is 0 Å². The predicted molar refractivity (Wildman–Crippen MR) is 162 cm³/mol. The molecule has 0 aromatic carbocycles. The number of amides is 1. The topological polar surface area (TPSA) is 48.1 Å². The van der Waals surface area contributed by atoms with Crippen molar-refractivity contribution in [1.82, 2.24) is 20.0 Å². The molecule has 2 rings (SSSR count). The second kappa shape index (κ2) is 14.3. The number of hydrogen-bond acceptors (Lipinski definition) is 5. The first-order chi connectivity index (χ1) is 17.5. The number of piperidine rings is 1. The fourth-order valence-electron chi connectivity index (χ4n) is 5.83. The van der Waals surface area contributed by atoms with Crippen LogP contribution in [0.2, 0.25) is 0 Å². The Labute approximate surface area is 236 Å².